The molecule has 0 bridgehead atoms. The van der Waals surface area contributed by atoms with Gasteiger partial charge in [0.2, 0.25) is 6.79 Å². The Bertz CT molecular complexity index is 1880. The van der Waals surface area contributed by atoms with Gasteiger partial charge in [0.1, 0.15) is 5.70 Å². The molecule has 2 amide bonds. The number of hydrogen-bond donors (Lipinski definition) is 1. The molecular formula is C38H42N2O9Si. The summed E-state index contributed by atoms with van der Waals surface area (Å²) < 4.78 is 35.9. The van der Waals surface area contributed by atoms with Crippen molar-refractivity contribution in [2.45, 2.75) is 57.4 Å². The molecule has 3 aromatic rings. The van der Waals surface area contributed by atoms with Gasteiger partial charge in [-0.3, -0.25) is 19.3 Å². The van der Waals surface area contributed by atoms with Crippen LogP contribution in [0.15, 0.2) is 66.4 Å². The topological polar surface area (TPSA) is 122 Å². The van der Waals surface area contributed by atoms with Crippen LogP contribution in [-0.4, -0.2) is 58.6 Å². The first-order valence-corrected chi connectivity index (χ1v) is 19.6. The van der Waals surface area contributed by atoms with Crippen LogP contribution in [0.4, 0.5) is 0 Å². The molecular weight excluding hydrogens is 657 g/mol. The van der Waals surface area contributed by atoms with Crippen molar-refractivity contribution in [3.05, 3.63) is 88.6 Å². The van der Waals surface area contributed by atoms with E-state index in [1.54, 1.807) is 14.2 Å². The van der Waals surface area contributed by atoms with E-state index in [9.17, 15) is 14.4 Å². The second-order valence-corrected chi connectivity index (χ2v) is 19.4. The maximum atomic E-state index is 13.7. The molecule has 7 rings (SSSR count). The molecule has 11 nitrogen and oxygen atoms in total. The van der Waals surface area contributed by atoms with Gasteiger partial charge in [-0.15, -0.1) is 0 Å². The summed E-state index contributed by atoms with van der Waals surface area (Å²) in [6.45, 7) is 11.1. The third-order valence-corrected chi connectivity index (χ3v) is 15.0. The molecule has 1 aliphatic carbocycles. The first-order chi connectivity index (χ1) is 23.8. The van der Waals surface area contributed by atoms with Crippen molar-refractivity contribution < 1.29 is 42.5 Å². The number of fused-ring (bicyclic) bond motifs is 3. The lowest BCUT2D eigenvalue weighted by Crippen LogP contribution is -2.44. The molecule has 262 valence electrons. The fourth-order valence-electron chi connectivity index (χ4n) is 7.03. The van der Waals surface area contributed by atoms with E-state index in [4.69, 9.17) is 28.1 Å². The van der Waals surface area contributed by atoms with Gasteiger partial charge in [0.25, 0.3) is 20.1 Å². The molecule has 50 heavy (non-hydrogen) atoms. The molecule has 4 atom stereocenters. The zero-order chi connectivity index (χ0) is 35.5. The van der Waals surface area contributed by atoms with Crippen molar-refractivity contribution in [3.63, 3.8) is 0 Å². The number of rotatable bonds is 9. The SMILES string of the molecule is COc1cc([C@@H]2c3cc4c(cc3[C@@H](NC3=CC(=O)N(Cc5ccccc5)C3=O)[C@H]3COC(=O)[C@H]23)OCO4)cc(OC)c1O[Si](C)(C)C(C)(C)C. The molecule has 0 radical (unpaired) electrons. The molecule has 3 heterocycles. The highest BCUT2D eigenvalue weighted by Crippen LogP contribution is 2.56. The predicted molar refractivity (Wildman–Crippen MR) is 186 cm³/mol. The van der Waals surface area contributed by atoms with E-state index in [2.05, 4.69) is 39.2 Å². The van der Waals surface area contributed by atoms with Crippen molar-refractivity contribution in [3.8, 4) is 28.7 Å². The predicted octanol–water partition coefficient (Wildman–Crippen LogP) is 5.83. The third-order valence-electron chi connectivity index (χ3n) is 10.7. The van der Waals surface area contributed by atoms with Crippen LogP contribution in [0, 0.1) is 11.8 Å². The largest absolute Gasteiger partial charge is 0.539 e. The fourth-order valence-corrected chi connectivity index (χ4v) is 8.05. The minimum Gasteiger partial charge on any atom is -0.539 e. The summed E-state index contributed by atoms with van der Waals surface area (Å²) in [5.74, 6) is -0.116. The Morgan fingerprint density at radius 3 is 2.16 bits per heavy atom. The van der Waals surface area contributed by atoms with Crippen molar-refractivity contribution in [1.29, 1.82) is 0 Å². The number of nitrogens with zero attached hydrogens (tertiary/aromatic N) is 1. The zero-order valence-electron chi connectivity index (χ0n) is 29.3. The minimum atomic E-state index is -2.30. The molecule has 3 aliphatic heterocycles. The molecule has 4 aliphatic rings. The Morgan fingerprint density at radius 1 is 0.900 bits per heavy atom. The van der Waals surface area contributed by atoms with Gasteiger partial charge in [-0.25, -0.2) is 0 Å². The minimum absolute atomic E-state index is 0.0591. The van der Waals surface area contributed by atoms with Crippen LogP contribution >= 0.6 is 0 Å². The van der Waals surface area contributed by atoms with E-state index in [0.717, 1.165) is 22.3 Å². The summed E-state index contributed by atoms with van der Waals surface area (Å²) in [7, 11) is 0.879. The maximum Gasteiger partial charge on any atom is 0.310 e. The van der Waals surface area contributed by atoms with Crippen molar-refractivity contribution in [2.75, 3.05) is 27.6 Å². The Hall–Kier alpha value is -4.97. The number of carbonyl (C=O) groups is 3. The number of imide groups is 1. The number of nitrogens with one attached hydrogen (secondary N) is 1. The van der Waals surface area contributed by atoms with Gasteiger partial charge in [-0.1, -0.05) is 51.1 Å². The third kappa shape index (κ3) is 5.65. The van der Waals surface area contributed by atoms with Crippen LogP contribution in [0.2, 0.25) is 18.1 Å². The summed E-state index contributed by atoms with van der Waals surface area (Å²) >= 11 is 0. The van der Waals surface area contributed by atoms with Gasteiger partial charge >= 0.3 is 5.97 Å². The highest BCUT2D eigenvalue weighted by atomic mass is 28.4. The van der Waals surface area contributed by atoms with E-state index < -0.39 is 43.9 Å². The number of methoxy groups -OCH3 is 2. The van der Waals surface area contributed by atoms with Gasteiger partial charge in [-0.2, -0.15) is 0 Å². The van der Waals surface area contributed by atoms with E-state index in [-0.39, 0.29) is 36.6 Å². The van der Waals surface area contributed by atoms with Crippen molar-refractivity contribution in [1.82, 2.24) is 10.2 Å². The second kappa shape index (κ2) is 12.4. The van der Waals surface area contributed by atoms with Crippen LogP contribution in [0.3, 0.4) is 0 Å². The Balaban J connectivity index is 1.30. The summed E-state index contributed by atoms with van der Waals surface area (Å²) in [5, 5.41) is 3.30. The van der Waals surface area contributed by atoms with Gasteiger partial charge in [0.15, 0.2) is 28.7 Å². The zero-order valence-corrected chi connectivity index (χ0v) is 30.3. The molecule has 12 heteroatoms. The fraction of sp³-hybridized carbons (Fsp3) is 0.395. The monoisotopic (exact) mass is 698 g/mol. The van der Waals surface area contributed by atoms with Crippen LogP contribution in [0.25, 0.3) is 0 Å². The first-order valence-electron chi connectivity index (χ1n) is 16.7. The smallest absolute Gasteiger partial charge is 0.310 e. The molecule has 0 spiro atoms. The Labute approximate surface area is 292 Å². The average Bonchev–Trinajstić information content (AvgIpc) is 3.77. The van der Waals surface area contributed by atoms with Crippen LogP contribution in [-0.2, 0) is 25.7 Å². The molecule has 3 aromatic carbocycles. The van der Waals surface area contributed by atoms with Crippen molar-refractivity contribution >= 4 is 26.1 Å². The quantitative estimate of drug-likeness (QED) is 0.166. The molecule has 1 saturated heterocycles. The summed E-state index contributed by atoms with van der Waals surface area (Å²) in [4.78, 5) is 41.7. The molecule has 1 N–H and O–H groups in total. The van der Waals surface area contributed by atoms with E-state index in [1.807, 2.05) is 54.6 Å². The lowest BCUT2D eigenvalue weighted by Gasteiger charge is -2.40. The average molecular weight is 699 g/mol. The van der Waals surface area contributed by atoms with Crippen LogP contribution in [0.1, 0.15) is 55.0 Å². The highest BCUT2D eigenvalue weighted by Gasteiger charge is 2.53. The summed E-state index contributed by atoms with van der Waals surface area (Å²) in [6.07, 6.45) is 1.33. The van der Waals surface area contributed by atoms with Gasteiger partial charge in [0.05, 0.1) is 39.3 Å². The number of hydrogen-bond acceptors (Lipinski definition) is 10. The number of ether oxygens (including phenoxy) is 5. The van der Waals surface area contributed by atoms with Crippen molar-refractivity contribution in [2.24, 2.45) is 11.8 Å². The van der Waals surface area contributed by atoms with E-state index in [1.165, 1.54) is 11.0 Å². The normalized spacial score (nSPS) is 22.5. The van der Waals surface area contributed by atoms with Crippen LogP contribution < -0.4 is 28.7 Å². The second-order valence-electron chi connectivity index (χ2n) is 14.6. The maximum absolute atomic E-state index is 13.7. The number of benzene rings is 3. The van der Waals surface area contributed by atoms with Gasteiger partial charge in [0, 0.05) is 17.9 Å². The van der Waals surface area contributed by atoms with E-state index in [0.29, 0.717) is 28.7 Å². The highest BCUT2D eigenvalue weighted by molar-refractivity contribution is 6.74. The standard InChI is InChI=1S/C38H42N2O9Si/c1-38(2,3)50(6,7)49-35-29(44-4)13-22(14-30(35)45-5)32-23-15-27-28(48-20-47-27)16-24(23)34(25-19-46-37(43)33(25)32)39-26-17-31(41)40(36(26)42)18-21-11-9-8-10-12-21/h8-17,25,32-34,39H,18-20H2,1-7H3/t25-,32+,33-,34+/m0/s1. The molecule has 0 saturated carbocycles. The van der Waals surface area contributed by atoms with E-state index >= 15 is 0 Å². The summed E-state index contributed by atoms with van der Waals surface area (Å²) in [6, 6.07) is 16.4. The number of carbonyl (C=O) groups excluding carboxylic acids is 3. The number of amides is 2. The van der Waals surface area contributed by atoms with Gasteiger partial charge < -0.3 is 33.4 Å². The van der Waals surface area contributed by atoms with Crippen LogP contribution in [0.5, 0.6) is 28.7 Å². The lowest BCUT2D eigenvalue weighted by atomic mass is 9.65. The summed E-state index contributed by atoms with van der Waals surface area (Å²) in [5.41, 5.74) is 3.37. The molecule has 0 aromatic heterocycles. The Kier molecular flexibility index (Phi) is 8.32. The first kappa shape index (κ1) is 33.5. The lowest BCUT2D eigenvalue weighted by molar-refractivity contribution is -0.142. The molecule has 1 fully saturated rings. The Morgan fingerprint density at radius 2 is 1.54 bits per heavy atom. The number of esters is 1. The number of cyclic esters (lactones) is 1. The molecule has 0 unspecified atom stereocenters. The van der Waals surface area contributed by atoms with Gasteiger partial charge in [-0.05, 0) is 64.7 Å².